The lowest BCUT2D eigenvalue weighted by atomic mass is 9.72. The van der Waals surface area contributed by atoms with Crippen LogP contribution in [0.1, 0.15) is 49.3 Å². The van der Waals surface area contributed by atoms with E-state index in [1.807, 2.05) is 12.3 Å². The molecule has 2 fully saturated rings. The van der Waals surface area contributed by atoms with Crippen LogP contribution in [-0.2, 0) is 15.9 Å². The van der Waals surface area contributed by atoms with Crippen LogP contribution in [0.15, 0.2) is 18.3 Å². The highest BCUT2D eigenvalue weighted by atomic mass is 16.7. The molecule has 1 atom stereocenters. The van der Waals surface area contributed by atoms with Crippen molar-refractivity contribution in [2.45, 2.75) is 55.8 Å². The predicted octanol–water partition coefficient (Wildman–Crippen LogP) is 2.16. The first-order valence-electron chi connectivity index (χ1n) is 7.65. The van der Waals surface area contributed by atoms with Crippen LogP contribution in [0.2, 0.25) is 0 Å². The second-order valence-corrected chi connectivity index (χ2v) is 6.35. The number of hydrogen-bond acceptors (Lipinski definition) is 4. The number of ether oxygens (including phenoxy) is 2. The molecule has 4 heteroatoms. The maximum absolute atomic E-state index is 11.1. The zero-order valence-corrected chi connectivity index (χ0v) is 11.7. The minimum atomic E-state index is -0.639. The number of pyridine rings is 1. The van der Waals surface area contributed by atoms with Gasteiger partial charge < -0.3 is 14.6 Å². The number of hydrogen-bond donors (Lipinski definition) is 1. The largest absolute Gasteiger partial charge is 0.389 e. The SMILES string of the molecule is OC1(C2CCc3cccnc32)CCC2(CC1)OCCO2. The Morgan fingerprint density at radius 1 is 1.15 bits per heavy atom. The Morgan fingerprint density at radius 3 is 2.65 bits per heavy atom. The number of fused-ring (bicyclic) bond motifs is 1. The van der Waals surface area contributed by atoms with Gasteiger partial charge >= 0.3 is 0 Å². The fourth-order valence-electron chi connectivity index (χ4n) is 4.13. The molecule has 1 spiro atoms. The minimum absolute atomic E-state index is 0.178. The monoisotopic (exact) mass is 275 g/mol. The van der Waals surface area contributed by atoms with Gasteiger partial charge in [0.25, 0.3) is 0 Å². The molecule has 4 nitrogen and oxygen atoms in total. The van der Waals surface area contributed by atoms with Crippen molar-refractivity contribution in [2.24, 2.45) is 0 Å². The Bertz CT molecular complexity index is 500. The molecule has 0 amide bonds. The third kappa shape index (κ3) is 1.90. The third-order valence-corrected chi connectivity index (χ3v) is 5.30. The Labute approximate surface area is 119 Å². The number of aromatic nitrogens is 1. The van der Waals surface area contributed by atoms with E-state index >= 15 is 0 Å². The van der Waals surface area contributed by atoms with Crippen LogP contribution in [0.25, 0.3) is 0 Å². The third-order valence-electron chi connectivity index (χ3n) is 5.30. The van der Waals surface area contributed by atoms with E-state index < -0.39 is 11.4 Å². The molecule has 1 aliphatic heterocycles. The second-order valence-electron chi connectivity index (χ2n) is 6.35. The lowest BCUT2D eigenvalue weighted by molar-refractivity contribution is -0.205. The minimum Gasteiger partial charge on any atom is -0.389 e. The van der Waals surface area contributed by atoms with Crippen LogP contribution < -0.4 is 0 Å². The van der Waals surface area contributed by atoms with Crippen molar-refractivity contribution >= 4 is 0 Å². The van der Waals surface area contributed by atoms with Gasteiger partial charge in [-0.1, -0.05) is 6.07 Å². The topological polar surface area (TPSA) is 51.6 Å². The summed E-state index contributed by atoms with van der Waals surface area (Å²) < 4.78 is 11.5. The van der Waals surface area contributed by atoms with E-state index in [0.29, 0.717) is 13.2 Å². The first-order chi connectivity index (χ1) is 9.71. The normalized spacial score (nSPS) is 30.6. The van der Waals surface area contributed by atoms with Crippen molar-refractivity contribution < 1.29 is 14.6 Å². The standard InChI is InChI=1S/C16H21NO3/c18-15(5-7-16(8-6-15)19-10-11-20-16)13-4-3-12-2-1-9-17-14(12)13/h1-2,9,13,18H,3-8,10-11H2. The fourth-order valence-corrected chi connectivity index (χ4v) is 4.13. The summed E-state index contributed by atoms with van der Waals surface area (Å²) in [6, 6.07) is 4.13. The van der Waals surface area contributed by atoms with Crippen LogP contribution in [-0.4, -0.2) is 34.7 Å². The van der Waals surface area contributed by atoms with Crippen molar-refractivity contribution in [3.63, 3.8) is 0 Å². The molecule has 4 rings (SSSR count). The molecule has 108 valence electrons. The Hall–Kier alpha value is -0.970. The summed E-state index contributed by atoms with van der Waals surface area (Å²) in [6.45, 7) is 1.37. The summed E-state index contributed by atoms with van der Waals surface area (Å²) in [5.41, 5.74) is 1.78. The van der Waals surface area contributed by atoms with Crippen molar-refractivity contribution in [1.29, 1.82) is 0 Å². The molecule has 1 aromatic heterocycles. The van der Waals surface area contributed by atoms with Crippen molar-refractivity contribution in [3.8, 4) is 0 Å². The quantitative estimate of drug-likeness (QED) is 0.853. The van der Waals surface area contributed by atoms with Crippen molar-refractivity contribution in [1.82, 2.24) is 4.98 Å². The van der Waals surface area contributed by atoms with Gasteiger partial charge in [-0.25, -0.2) is 0 Å². The van der Waals surface area contributed by atoms with Crippen LogP contribution in [0.4, 0.5) is 0 Å². The lowest BCUT2D eigenvalue weighted by Gasteiger charge is -2.43. The number of rotatable bonds is 1. The number of aliphatic hydroxyl groups is 1. The molecule has 0 aromatic carbocycles. The van der Waals surface area contributed by atoms with E-state index in [4.69, 9.17) is 9.47 Å². The van der Waals surface area contributed by atoms with E-state index in [-0.39, 0.29) is 5.92 Å². The molecule has 1 aromatic rings. The summed E-state index contributed by atoms with van der Waals surface area (Å²) in [5.74, 6) is -0.227. The molecular weight excluding hydrogens is 254 g/mol. The fraction of sp³-hybridized carbons (Fsp3) is 0.688. The van der Waals surface area contributed by atoms with Gasteiger partial charge in [0.05, 0.1) is 18.8 Å². The van der Waals surface area contributed by atoms with Gasteiger partial charge in [0.2, 0.25) is 0 Å². The second kappa shape index (κ2) is 4.52. The van der Waals surface area contributed by atoms with E-state index in [9.17, 15) is 5.11 Å². The molecule has 2 heterocycles. The lowest BCUT2D eigenvalue weighted by Crippen LogP contribution is -2.46. The summed E-state index contributed by atoms with van der Waals surface area (Å²) in [6.07, 6.45) is 6.96. The smallest absolute Gasteiger partial charge is 0.168 e. The Morgan fingerprint density at radius 2 is 1.90 bits per heavy atom. The van der Waals surface area contributed by atoms with E-state index in [1.54, 1.807) is 0 Å². The Kier molecular flexibility index (Phi) is 2.88. The first-order valence-corrected chi connectivity index (χ1v) is 7.65. The average molecular weight is 275 g/mol. The number of aryl methyl sites for hydroxylation is 1. The molecule has 20 heavy (non-hydrogen) atoms. The summed E-state index contributed by atoms with van der Waals surface area (Å²) in [4.78, 5) is 4.53. The Balaban J connectivity index is 1.55. The molecule has 0 radical (unpaired) electrons. The van der Waals surface area contributed by atoms with Crippen molar-refractivity contribution in [2.75, 3.05) is 13.2 Å². The van der Waals surface area contributed by atoms with Gasteiger partial charge in [-0.15, -0.1) is 0 Å². The molecule has 1 saturated heterocycles. The van der Waals surface area contributed by atoms with Crippen molar-refractivity contribution in [3.05, 3.63) is 29.6 Å². The van der Waals surface area contributed by atoms with E-state index in [2.05, 4.69) is 11.1 Å². The zero-order chi connectivity index (χ0) is 13.6. The predicted molar refractivity (Wildman–Crippen MR) is 73.4 cm³/mol. The summed E-state index contributed by atoms with van der Waals surface area (Å²) in [5, 5.41) is 11.1. The van der Waals surface area contributed by atoms with Gasteiger partial charge in [0.15, 0.2) is 5.79 Å². The van der Waals surface area contributed by atoms with E-state index in [1.165, 1.54) is 5.56 Å². The molecule has 1 N–H and O–H groups in total. The summed E-state index contributed by atoms with van der Waals surface area (Å²) >= 11 is 0. The van der Waals surface area contributed by atoms with Crippen LogP contribution in [0.3, 0.4) is 0 Å². The zero-order valence-electron chi connectivity index (χ0n) is 11.7. The summed E-state index contributed by atoms with van der Waals surface area (Å²) in [7, 11) is 0. The van der Waals surface area contributed by atoms with Crippen LogP contribution in [0.5, 0.6) is 0 Å². The van der Waals surface area contributed by atoms with E-state index in [0.717, 1.165) is 44.2 Å². The first kappa shape index (κ1) is 12.7. The highest BCUT2D eigenvalue weighted by Gasteiger charge is 2.50. The van der Waals surface area contributed by atoms with Gasteiger partial charge in [0.1, 0.15) is 0 Å². The molecule has 1 unspecified atom stereocenters. The maximum atomic E-state index is 11.1. The molecule has 2 aliphatic carbocycles. The van der Waals surface area contributed by atoms with Crippen LogP contribution in [0, 0.1) is 0 Å². The molecular formula is C16H21NO3. The molecule has 3 aliphatic rings. The van der Waals surface area contributed by atoms with Crippen LogP contribution >= 0.6 is 0 Å². The van der Waals surface area contributed by atoms with Gasteiger partial charge in [-0.2, -0.15) is 0 Å². The molecule has 0 bridgehead atoms. The number of nitrogens with zero attached hydrogens (tertiary/aromatic N) is 1. The highest BCUT2D eigenvalue weighted by Crippen LogP contribution is 2.49. The average Bonchev–Trinajstić information content (AvgIpc) is 3.11. The molecule has 1 saturated carbocycles. The van der Waals surface area contributed by atoms with Gasteiger partial charge in [0, 0.05) is 30.7 Å². The highest BCUT2D eigenvalue weighted by molar-refractivity contribution is 5.31. The van der Waals surface area contributed by atoms with Gasteiger partial charge in [-0.3, -0.25) is 4.98 Å². The van der Waals surface area contributed by atoms with Gasteiger partial charge in [-0.05, 0) is 37.3 Å². The maximum Gasteiger partial charge on any atom is 0.168 e.